The Hall–Kier alpha value is -4.70. The minimum absolute atomic E-state index is 0.171. The van der Waals surface area contributed by atoms with Crippen molar-refractivity contribution in [1.82, 2.24) is 14.5 Å². The summed E-state index contributed by atoms with van der Waals surface area (Å²) in [7, 11) is 1.67. The summed E-state index contributed by atoms with van der Waals surface area (Å²) in [6, 6.07) is 21.3. The summed E-state index contributed by atoms with van der Waals surface area (Å²) >= 11 is 0. The summed E-state index contributed by atoms with van der Waals surface area (Å²) < 4.78 is 11.9. The van der Waals surface area contributed by atoms with Crippen LogP contribution in [0.25, 0.3) is 10.9 Å². The van der Waals surface area contributed by atoms with Crippen LogP contribution in [0.1, 0.15) is 81.4 Å². The molecule has 10 heteroatoms. The molecule has 50 heavy (non-hydrogen) atoms. The minimum Gasteiger partial charge on any atom is -0.463 e. The predicted octanol–water partition coefficient (Wildman–Crippen LogP) is 7.71. The molecule has 10 nitrogen and oxygen atoms in total. The van der Waals surface area contributed by atoms with E-state index < -0.39 is 0 Å². The minimum atomic E-state index is -0.171. The topological polar surface area (TPSA) is 106 Å². The van der Waals surface area contributed by atoms with E-state index in [4.69, 9.17) is 4.74 Å². The Morgan fingerprint density at radius 3 is 2.20 bits per heavy atom. The first-order chi connectivity index (χ1) is 24.5. The van der Waals surface area contributed by atoms with E-state index >= 15 is 0 Å². The van der Waals surface area contributed by atoms with Crippen LogP contribution >= 0.6 is 0 Å². The number of aromatic nitrogens is 2. The molecule has 0 unspecified atom stereocenters. The van der Waals surface area contributed by atoms with Crippen molar-refractivity contribution in [2.45, 2.75) is 79.6 Å². The molecule has 6 rings (SSSR count). The van der Waals surface area contributed by atoms with Gasteiger partial charge in [0.25, 0.3) is 12.4 Å². The van der Waals surface area contributed by atoms with E-state index in [9.17, 15) is 14.4 Å². The van der Waals surface area contributed by atoms with E-state index in [0.29, 0.717) is 50.7 Å². The van der Waals surface area contributed by atoms with Crippen LogP contribution in [0.4, 0.5) is 11.5 Å². The van der Waals surface area contributed by atoms with Crippen LogP contribution in [-0.4, -0.2) is 66.5 Å². The van der Waals surface area contributed by atoms with E-state index in [1.54, 1.807) is 18.2 Å². The van der Waals surface area contributed by atoms with Gasteiger partial charge in [-0.1, -0.05) is 95.3 Å². The van der Waals surface area contributed by atoms with E-state index in [-0.39, 0.29) is 5.91 Å². The number of rotatable bonds is 10. The average molecular weight is 686 g/mol. The number of piperazine rings is 1. The van der Waals surface area contributed by atoms with Crippen molar-refractivity contribution in [3.8, 4) is 0 Å². The largest absolute Gasteiger partial charge is 0.463 e. The number of methoxy groups -OCH3 is 1. The molecule has 2 aromatic heterocycles. The van der Waals surface area contributed by atoms with E-state index in [1.165, 1.54) is 32.1 Å². The molecule has 3 heterocycles. The number of pyridine rings is 1. The molecule has 0 atom stereocenters. The molecular formula is C40H55N5O5. The Balaban J connectivity index is 0.000000289. The Kier molecular flexibility index (Phi) is 17.6. The fourth-order valence-electron chi connectivity index (χ4n) is 6.07. The standard InChI is InChI=1S/C23H27N5O3.C8H8O2.C7H14.C2H6/c1-3-28-20-6-4-5-17(15-31-2)19(20)13-21(28)23(30)25-18-7-8-22(24-14-18)27-11-9-26(16-29)10-12-27;9-7-10-6-8-4-2-1-3-5-8;1-7-5-3-2-4-6-7;1-2/h4-8,13-14,16H,3,9-12,15H2,1-2H3,(H,25,30);1-5,7H,6H2;7H,2-6H2,1H3;1-2H3. The van der Waals surface area contributed by atoms with Gasteiger partial charge in [0.2, 0.25) is 6.41 Å². The molecule has 270 valence electrons. The number of aryl methyl sites for hydroxylation is 1. The highest BCUT2D eigenvalue weighted by Crippen LogP contribution is 2.26. The maximum Gasteiger partial charge on any atom is 0.293 e. The van der Waals surface area contributed by atoms with Crippen LogP contribution in [0.15, 0.2) is 72.9 Å². The van der Waals surface area contributed by atoms with Crippen LogP contribution in [0.2, 0.25) is 0 Å². The second-order valence-electron chi connectivity index (χ2n) is 12.2. The molecule has 2 aromatic carbocycles. The fraction of sp³-hybridized carbons (Fsp3) is 0.450. The molecule has 4 aromatic rings. The van der Waals surface area contributed by atoms with Gasteiger partial charge in [0, 0.05) is 50.7 Å². The van der Waals surface area contributed by atoms with Crippen molar-refractivity contribution < 1.29 is 23.9 Å². The lowest BCUT2D eigenvalue weighted by molar-refractivity contribution is -0.129. The first-order valence-corrected chi connectivity index (χ1v) is 17.9. The number of nitrogens with one attached hydrogen (secondary N) is 1. The van der Waals surface area contributed by atoms with Gasteiger partial charge in [0.15, 0.2) is 0 Å². The third-order valence-electron chi connectivity index (χ3n) is 8.73. The maximum atomic E-state index is 13.0. The number of nitrogens with zero attached hydrogens (tertiary/aromatic N) is 4. The summed E-state index contributed by atoms with van der Waals surface area (Å²) in [5.74, 6) is 1.71. The van der Waals surface area contributed by atoms with Crippen LogP contribution in [0, 0.1) is 5.92 Å². The smallest absolute Gasteiger partial charge is 0.293 e. The predicted molar refractivity (Wildman–Crippen MR) is 201 cm³/mol. The highest BCUT2D eigenvalue weighted by molar-refractivity contribution is 6.06. The normalized spacial score (nSPS) is 14.2. The average Bonchev–Trinajstić information content (AvgIpc) is 3.56. The number of carbonyl (C=O) groups is 3. The van der Waals surface area contributed by atoms with Gasteiger partial charge >= 0.3 is 0 Å². The fourth-order valence-corrected chi connectivity index (χ4v) is 6.07. The van der Waals surface area contributed by atoms with Gasteiger partial charge in [0.1, 0.15) is 18.1 Å². The van der Waals surface area contributed by atoms with Gasteiger partial charge in [-0.25, -0.2) is 4.98 Å². The van der Waals surface area contributed by atoms with Crippen LogP contribution in [0.3, 0.4) is 0 Å². The molecule has 1 saturated heterocycles. The van der Waals surface area contributed by atoms with Gasteiger partial charge in [-0.05, 0) is 48.2 Å². The van der Waals surface area contributed by atoms with Gasteiger partial charge in [-0.15, -0.1) is 0 Å². The zero-order valence-electron chi connectivity index (χ0n) is 30.5. The van der Waals surface area contributed by atoms with E-state index in [1.807, 2.05) is 92.1 Å². The number of hydrogen-bond donors (Lipinski definition) is 1. The zero-order valence-corrected chi connectivity index (χ0v) is 30.5. The molecule has 0 radical (unpaired) electrons. The first-order valence-electron chi connectivity index (χ1n) is 17.9. The lowest BCUT2D eigenvalue weighted by Gasteiger charge is -2.33. The molecule has 2 fully saturated rings. The number of carbonyl (C=O) groups excluding carboxylic acids is 3. The molecule has 1 aliphatic carbocycles. The van der Waals surface area contributed by atoms with Crippen LogP contribution < -0.4 is 10.2 Å². The van der Waals surface area contributed by atoms with Gasteiger partial charge in [-0.3, -0.25) is 14.4 Å². The number of benzene rings is 2. The van der Waals surface area contributed by atoms with Gasteiger partial charge < -0.3 is 29.2 Å². The Labute approximate surface area is 297 Å². The molecule has 1 aliphatic heterocycles. The van der Waals surface area contributed by atoms with Crippen molar-refractivity contribution in [1.29, 1.82) is 0 Å². The second-order valence-corrected chi connectivity index (χ2v) is 12.2. The second kappa shape index (κ2) is 22.1. The van der Waals surface area contributed by atoms with Gasteiger partial charge in [0.05, 0.1) is 18.5 Å². The quantitative estimate of drug-likeness (QED) is 0.171. The summed E-state index contributed by atoms with van der Waals surface area (Å²) in [6.45, 7) is 13.3. The number of amides is 2. The van der Waals surface area contributed by atoms with Crippen LogP contribution in [-0.2, 0) is 38.8 Å². The third kappa shape index (κ3) is 12.0. The van der Waals surface area contributed by atoms with Gasteiger partial charge in [-0.2, -0.15) is 0 Å². The van der Waals surface area contributed by atoms with Crippen molar-refractivity contribution in [3.63, 3.8) is 0 Å². The molecule has 0 bridgehead atoms. The lowest BCUT2D eigenvalue weighted by atomic mass is 9.91. The number of ether oxygens (including phenoxy) is 2. The first kappa shape index (κ1) is 39.7. The molecule has 0 spiro atoms. The molecule has 1 saturated carbocycles. The monoisotopic (exact) mass is 685 g/mol. The Morgan fingerprint density at radius 2 is 1.64 bits per heavy atom. The SMILES string of the molecule is CC.CC1CCCCC1.CCn1c(C(=O)Nc2ccc(N3CCN(C=O)CC3)nc2)cc2c(COC)cccc21.O=COCc1ccccc1. The highest BCUT2D eigenvalue weighted by atomic mass is 16.5. The molecular weight excluding hydrogens is 630 g/mol. The summed E-state index contributed by atoms with van der Waals surface area (Å²) in [5.41, 5.74) is 4.34. The van der Waals surface area contributed by atoms with Crippen LogP contribution in [0.5, 0.6) is 0 Å². The van der Waals surface area contributed by atoms with Crippen molar-refractivity contribution in [2.24, 2.45) is 5.92 Å². The zero-order chi connectivity index (χ0) is 36.1. The number of anilines is 2. The Morgan fingerprint density at radius 1 is 0.920 bits per heavy atom. The number of hydrogen-bond acceptors (Lipinski definition) is 7. The Bertz CT molecular complexity index is 1560. The number of fused-ring (bicyclic) bond motifs is 1. The molecule has 2 amide bonds. The molecule has 2 aliphatic rings. The van der Waals surface area contributed by atoms with Crippen molar-refractivity contribution >= 4 is 41.2 Å². The van der Waals surface area contributed by atoms with Crippen molar-refractivity contribution in [3.05, 3.63) is 89.7 Å². The van der Waals surface area contributed by atoms with Crippen molar-refractivity contribution in [2.75, 3.05) is 43.5 Å². The molecule has 1 N–H and O–H groups in total. The van der Waals surface area contributed by atoms with E-state index in [0.717, 1.165) is 53.3 Å². The third-order valence-corrected chi connectivity index (χ3v) is 8.73. The van der Waals surface area contributed by atoms with E-state index in [2.05, 4.69) is 26.9 Å². The highest BCUT2D eigenvalue weighted by Gasteiger charge is 2.19. The summed E-state index contributed by atoms with van der Waals surface area (Å²) in [5, 5.41) is 3.99. The summed E-state index contributed by atoms with van der Waals surface area (Å²) in [4.78, 5) is 42.1. The summed E-state index contributed by atoms with van der Waals surface area (Å²) in [6.07, 6.45) is 10.00. The maximum absolute atomic E-state index is 13.0. The lowest BCUT2D eigenvalue weighted by Crippen LogP contribution is -2.46.